The lowest BCUT2D eigenvalue weighted by Crippen LogP contribution is -2.40. The maximum atomic E-state index is 3.70. The van der Waals surface area contributed by atoms with E-state index in [0.717, 1.165) is 25.7 Å². The summed E-state index contributed by atoms with van der Waals surface area (Å²) in [6, 6.07) is 8.23. The van der Waals surface area contributed by atoms with Gasteiger partial charge in [0, 0.05) is 18.6 Å². The molecule has 2 nitrogen and oxygen atoms in total. The van der Waals surface area contributed by atoms with E-state index in [4.69, 9.17) is 0 Å². The van der Waals surface area contributed by atoms with Crippen molar-refractivity contribution in [1.29, 1.82) is 0 Å². The second-order valence-corrected chi connectivity index (χ2v) is 6.56. The summed E-state index contributed by atoms with van der Waals surface area (Å²) < 4.78 is 0. The van der Waals surface area contributed by atoms with Crippen molar-refractivity contribution in [2.75, 3.05) is 19.6 Å². The summed E-state index contributed by atoms with van der Waals surface area (Å²) in [6.07, 6.45) is 5.60. The molecule has 1 fully saturated rings. The number of rotatable bonds is 7. The van der Waals surface area contributed by atoms with Gasteiger partial charge in [-0.25, -0.2) is 0 Å². The maximum Gasteiger partial charge on any atom is 0.0449 e. The average molecular weight is 288 g/mol. The van der Waals surface area contributed by atoms with Gasteiger partial charge in [0.15, 0.2) is 0 Å². The summed E-state index contributed by atoms with van der Waals surface area (Å²) >= 11 is 0. The van der Waals surface area contributed by atoms with Crippen LogP contribution in [0.15, 0.2) is 18.2 Å². The number of likely N-dealkylation sites (N-methyl/N-ethyl adjacent to an activating group) is 2. The van der Waals surface area contributed by atoms with Crippen LogP contribution in [-0.4, -0.2) is 30.6 Å². The fraction of sp³-hybridized carbons (Fsp3) is 0.684. The smallest absolute Gasteiger partial charge is 0.0449 e. The highest BCUT2D eigenvalue weighted by Gasteiger charge is 2.24. The third-order valence-electron chi connectivity index (χ3n) is 4.76. The maximum absolute atomic E-state index is 3.70. The Hall–Kier alpha value is -0.860. The SMILES string of the molecule is CCNC(CN(CC)C1CCCC1)c1cc(C)cc(C)c1. The van der Waals surface area contributed by atoms with Crippen molar-refractivity contribution in [2.45, 2.75) is 65.5 Å². The molecule has 0 bridgehead atoms. The molecule has 0 radical (unpaired) electrons. The first kappa shape index (κ1) is 16.5. The van der Waals surface area contributed by atoms with Gasteiger partial charge >= 0.3 is 0 Å². The molecule has 1 aromatic carbocycles. The summed E-state index contributed by atoms with van der Waals surface area (Å²) in [5, 5.41) is 3.70. The molecule has 1 aliphatic rings. The van der Waals surface area contributed by atoms with Crippen molar-refractivity contribution in [1.82, 2.24) is 10.2 Å². The van der Waals surface area contributed by atoms with Crippen molar-refractivity contribution in [3.8, 4) is 0 Å². The van der Waals surface area contributed by atoms with Gasteiger partial charge in [0.1, 0.15) is 0 Å². The first-order valence-electron chi connectivity index (χ1n) is 8.69. The second-order valence-electron chi connectivity index (χ2n) is 6.56. The number of hydrogen-bond acceptors (Lipinski definition) is 2. The zero-order valence-electron chi connectivity index (χ0n) is 14.3. The van der Waals surface area contributed by atoms with Crippen molar-refractivity contribution < 1.29 is 0 Å². The Balaban J connectivity index is 2.13. The molecular formula is C19H32N2. The minimum atomic E-state index is 0.453. The summed E-state index contributed by atoms with van der Waals surface area (Å²) in [5.74, 6) is 0. The van der Waals surface area contributed by atoms with E-state index in [-0.39, 0.29) is 0 Å². The zero-order chi connectivity index (χ0) is 15.2. The van der Waals surface area contributed by atoms with E-state index in [1.807, 2.05) is 0 Å². The average Bonchev–Trinajstić information content (AvgIpc) is 2.96. The molecular weight excluding hydrogens is 256 g/mol. The van der Waals surface area contributed by atoms with E-state index in [1.54, 1.807) is 0 Å². The molecule has 0 amide bonds. The normalized spacial score (nSPS) is 17.6. The van der Waals surface area contributed by atoms with Gasteiger partial charge in [-0.1, -0.05) is 56.0 Å². The lowest BCUT2D eigenvalue weighted by atomic mass is 10.00. The topological polar surface area (TPSA) is 15.3 Å². The summed E-state index contributed by atoms with van der Waals surface area (Å²) in [5.41, 5.74) is 4.19. The van der Waals surface area contributed by atoms with Gasteiger partial charge in [0.2, 0.25) is 0 Å². The van der Waals surface area contributed by atoms with Crippen molar-refractivity contribution in [2.24, 2.45) is 0 Å². The lowest BCUT2D eigenvalue weighted by Gasteiger charge is -2.32. The molecule has 21 heavy (non-hydrogen) atoms. The van der Waals surface area contributed by atoms with Crippen LogP contribution in [0.25, 0.3) is 0 Å². The van der Waals surface area contributed by atoms with E-state index in [2.05, 4.69) is 56.1 Å². The van der Waals surface area contributed by atoms with Gasteiger partial charge in [-0.15, -0.1) is 0 Å². The van der Waals surface area contributed by atoms with Gasteiger partial charge in [0.05, 0.1) is 0 Å². The second kappa shape index (κ2) is 7.95. The van der Waals surface area contributed by atoms with Crippen LogP contribution in [0.5, 0.6) is 0 Å². The molecule has 0 heterocycles. The molecule has 0 aromatic heterocycles. The van der Waals surface area contributed by atoms with Crippen LogP contribution < -0.4 is 5.32 Å². The van der Waals surface area contributed by atoms with Crippen LogP contribution in [0.1, 0.15) is 62.3 Å². The predicted octanol–water partition coefficient (Wildman–Crippen LogP) is 4.22. The first-order valence-corrected chi connectivity index (χ1v) is 8.69. The molecule has 0 aliphatic heterocycles. The lowest BCUT2D eigenvalue weighted by molar-refractivity contribution is 0.187. The highest BCUT2D eigenvalue weighted by atomic mass is 15.2. The van der Waals surface area contributed by atoms with Crippen LogP contribution in [-0.2, 0) is 0 Å². The van der Waals surface area contributed by atoms with Gasteiger partial charge in [-0.3, -0.25) is 4.90 Å². The fourth-order valence-electron chi connectivity index (χ4n) is 3.79. The Kier molecular flexibility index (Phi) is 6.25. The van der Waals surface area contributed by atoms with E-state index in [0.29, 0.717) is 6.04 Å². The highest BCUT2D eigenvalue weighted by molar-refractivity contribution is 5.31. The molecule has 118 valence electrons. The Labute approximate surface area is 130 Å². The van der Waals surface area contributed by atoms with E-state index >= 15 is 0 Å². The highest BCUT2D eigenvalue weighted by Crippen LogP contribution is 2.26. The standard InChI is InChI=1S/C19H32N2/c1-5-20-19(17-12-15(3)11-16(4)13-17)14-21(6-2)18-9-7-8-10-18/h11-13,18-20H,5-10,14H2,1-4H3. The predicted molar refractivity (Wildman–Crippen MR) is 91.8 cm³/mol. The van der Waals surface area contributed by atoms with Crippen LogP contribution in [0, 0.1) is 13.8 Å². The van der Waals surface area contributed by atoms with E-state index in [9.17, 15) is 0 Å². The third-order valence-corrected chi connectivity index (χ3v) is 4.76. The van der Waals surface area contributed by atoms with Crippen LogP contribution in [0.2, 0.25) is 0 Å². The van der Waals surface area contributed by atoms with Crippen molar-refractivity contribution in [3.63, 3.8) is 0 Å². The molecule has 1 N–H and O–H groups in total. The number of benzene rings is 1. The molecule has 0 saturated heterocycles. The quantitative estimate of drug-likeness (QED) is 0.808. The molecule has 1 aromatic rings. The van der Waals surface area contributed by atoms with Gasteiger partial charge in [-0.05, 0) is 45.3 Å². The summed E-state index contributed by atoms with van der Waals surface area (Å²) in [7, 11) is 0. The fourth-order valence-corrected chi connectivity index (χ4v) is 3.79. The summed E-state index contributed by atoms with van der Waals surface area (Å²) in [4.78, 5) is 2.69. The molecule has 1 atom stereocenters. The van der Waals surface area contributed by atoms with Crippen LogP contribution >= 0.6 is 0 Å². The van der Waals surface area contributed by atoms with Crippen LogP contribution in [0.3, 0.4) is 0 Å². The van der Waals surface area contributed by atoms with Gasteiger partial charge < -0.3 is 5.32 Å². The monoisotopic (exact) mass is 288 g/mol. The zero-order valence-corrected chi connectivity index (χ0v) is 14.3. The Morgan fingerprint density at radius 3 is 2.24 bits per heavy atom. The van der Waals surface area contributed by atoms with Crippen molar-refractivity contribution >= 4 is 0 Å². The molecule has 1 saturated carbocycles. The minimum absolute atomic E-state index is 0.453. The van der Waals surface area contributed by atoms with Crippen molar-refractivity contribution in [3.05, 3.63) is 34.9 Å². The third kappa shape index (κ3) is 4.55. The van der Waals surface area contributed by atoms with Gasteiger partial charge in [0.25, 0.3) is 0 Å². The molecule has 2 heteroatoms. The number of nitrogens with one attached hydrogen (secondary N) is 1. The van der Waals surface area contributed by atoms with E-state index < -0.39 is 0 Å². The minimum Gasteiger partial charge on any atom is -0.309 e. The first-order chi connectivity index (χ1) is 10.1. The molecule has 2 rings (SSSR count). The molecule has 1 aliphatic carbocycles. The molecule has 0 spiro atoms. The molecule has 1 unspecified atom stereocenters. The number of aryl methyl sites for hydroxylation is 2. The number of nitrogens with zero attached hydrogens (tertiary/aromatic N) is 1. The number of hydrogen-bond donors (Lipinski definition) is 1. The Bertz CT molecular complexity index is 415. The van der Waals surface area contributed by atoms with Gasteiger partial charge in [-0.2, -0.15) is 0 Å². The largest absolute Gasteiger partial charge is 0.309 e. The Morgan fingerprint density at radius 1 is 1.10 bits per heavy atom. The Morgan fingerprint density at radius 2 is 1.71 bits per heavy atom. The summed E-state index contributed by atoms with van der Waals surface area (Å²) in [6.45, 7) is 12.3. The van der Waals surface area contributed by atoms with E-state index in [1.165, 1.54) is 42.4 Å². The van der Waals surface area contributed by atoms with Crippen LogP contribution in [0.4, 0.5) is 0 Å².